The fraction of sp³-hybridized carbons (Fsp3) is 0.571. The van der Waals surface area contributed by atoms with Crippen molar-refractivity contribution in [1.29, 1.82) is 0 Å². The van der Waals surface area contributed by atoms with Crippen LogP contribution in [0.4, 0.5) is 0 Å². The number of nitrogens with zero attached hydrogens (tertiary/aromatic N) is 1. The Morgan fingerprint density at radius 1 is 1.53 bits per heavy atom. The van der Waals surface area contributed by atoms with E-state index >= 15 is 0 Å². The van der Waals surface area contributed by atoms with E-state index in [1.807, 2.05) is 6.07 Å². The lowest BCUT2D eigenvalue weighted by molar-refractivity contribution is 0.195. The van der Waals surface area contributed by atoms with Gasteiger partial charge in [0, 0.05) is 38.8 Å². The minimum Gasteiger partial charge on any atom is -0.496 e. The lowest BCUT2D eigenvalue weighted by Crippen LogP contribution is -2.53. The molecule has 0 saturated carbocycles. The summed E-state index contributed by atoms with van der Waals surface area (Å²) in [5, 5.41) is 6.96. The van der Waals surface area contributed by atoms with Gasteiger partial charge in [-0.1, -0.05) is 6.07 Å². The molecule has 1 aromatic carbocycles. The lowest BCUT2D eigenvalue weighted by atomic mass is 10.2. The zero-order chi connectivity index (χ0) is 13.7. The number of piperazine rings is 1. The highest BCUT2D eigenvalue weighted by atomic mass is 79.9. The van der Waals surface area contributed by atoms with Gasteiger partial charge < -0.3 is 15.4 Å². The van der Waals surface area contributed by atoms with E-state index in [9.17, 15) is 0 Å². The van der Waals surface area contributed by atoms with Crippen LogP contribution < -0.4 is 15.4 Å². The SMILES string of the molecule is COc1ccc(CNCC2CNCCN2C)cc1Br. The van der Waals surface area contributed by atoms with Crippen LogP contribution in [0.3, 0.4) is 0 Å². The van der Waals surface area contributed by atoms with Gasteiger partial charge in [-0.15, -0.1) is 0 Å². The van der Waals surface area contributed by atoms with Crippen molar-refractivity contribution in [2.75, 3.05) is 40.3 Å². The summed E-state index contributed by atoms with van der Waals surface area (Å²) in [5.74, 6) is 0.875. The summed E-state index contributed by atoms with van der Waals surface area (Å²) < 4.78 is 6.24. The van der Waals surface area contributed by atoms with Crippen LogP contribution in [0.25, 0.3) is 0 Å². The van der Waals surface area contributed by atoms with Crippen molar-refractivity contribution in [3.63, 3.8) is 0 Å². The second-order valence-electron chi connectivity index (χ2n) is 4.94. The summed E-state index contributed by atoms with van der Waals surface area (Å²) in [6, 6.07) is 6.78. The highest BCUT2D eigenvalue weighted by Crippen LogP contribution is 2.25. The van der Waals surface area contributed by atoms with Crippen molar-refractivity contribution in [3.8, 4) is 5.75 Å². The van der Waals surface area contributed by atoms with E-state index in [2.05, 4.69) is 50.6 Å². The van der Waals surface area contributed by atoms with Crippen molar-refractivity contribution in [2.24, 2.45) is 0 Å². The third kappa shape index (κ3) is 4.18. The molecule has 2 N–H and O–H groups in total. The molecule has 1 heterocycles. The molecular weight excluding hydrogens is 306 g/mol. The Balaban J connectivity index is 1.80. The van der Waals surface area contributed by atoms with Gasteiger partial charge in [0.1, 0.15) is 5.75 Å². The van der Waals surface area contributed by atoms with Crippen LogP contribution in [-0.4, -0.2) is 51.3 Å². The summed E-state index contributed by atoms with van der Waals surface area (Å²) in [7, 11) is 3.88. The number of halogens is 1. The van der Waals surface area contributed by atoms with Crippen molar-refractivity contribution in [1.82, 2.24) is 15.5 Å². The molecule has 1 aliphatic heterocycles. The number of benzene rings is 1. The molecule has 1 saturated heterocycles. The minimum atomic E-state index is 0.579. The summed E-state index contributed by atoms with van der Waals surface area (Å²) in [4.78, 5) is 2.41. The average molecular weight is 328 g/mol. The normalized spacial score (nSPS) is 20.5. The number of methoxy groups -OCH3 is 1. The van der Waals surface area contributed by atoms with E-state index in [1.54, 1.807) is 7.11 Å². The summed E-state index contributed by atoms with van der Waals surface area (Å²) >= 11 is 3.51. The van der Waals surface area contributed by atoms with Gasteiger partial charge in [-0.25, -0.2) is 0 Å². The second kappa shape index (κ2) is 7.24. The molecule has 1 fully saturated rings. The molecule has 1 unspecified atom stereocenters. The number of nitrogens with one attached hydrogen (secondary N) is 2. The molecule has 5 heteroatoms. The molecule has 0 radical (unpaired) electrons. The van der Waals surface area contributed by atoms with Crippen LogP contribution in [0, 0.1) is 0 Å². The standard InChI is InChI=1S/C14H22BrN3O/c1-18-6-5-16-9-12(18)10-17-8-11-3-4-14(19-2)13(15)7-11/h3-4,7,12,16-17H,5-6,8-10H2,1-2H3. The van der Waals surface area contributed by atoms with Crippen LogP contribution in [0.1, 0.15) is 5.56 Å². The van der Waals surface area contributed by atoms with E-state index in [1.165, 1.54) is 5.56 Å². The van der Waals surface area contributed by atoms with Gasteiger partial charge in [0.25, 0.3) is 0 Å². The topological polar surface area (TPSA) is 36.5 Å². The second-order valence-corrected chi connectivity index (χ2v) is 5.79. The Labute approximate surface area is 123 Å². The molecule has 1 atom stereocenters. The van der Waals surface area contributed by atoms with Gasteiger partial charge in [0.2, 0.25) is 0 Å². The lowest BCUT2D eigenvalue weighted by Gasteiger charge is -2.33. The maximum Gasteiger partial charge on any atom is 0.133 e. The zero-order valence-corrected chi connectivity index (χ0v) is 13.2. The molecule has 106 valence electrons. The predicted molar refractivity (Wildman–Crippen MR) is 81.7 cm³/mol. The van der Waals surface area contributed by atoms with Gasteiger partial charge in [-0.2, -0.15) is 0 Å². The first-order chi connectivity index (χ1) is 9.20. The molecule has 0 bridgehead atoms. The van der Waals surface area contributed by atoms with E-state index in [0.717, 1.165) is 42.9 Å². The Morgan fingerprint density at radius 2 is 2.37 bits per heavy atom. The minimum absolute atomic E-state index is 0.579. The van der Waals surface area contributed by atoms with Crippen molar-refractivity contribution < 1.29 is 4.74 Å². The number of hydrogen-bond donors (Lipinski definition) is 2. The summed E-state index contributed by atoms with van der Waals surface area (Å²) in [5.41, 5.74) is 1.26. The quantitative estimate of drug-likeness (QED) is 0.858. The van der Waals surface area contributed by atoms with Gasteiger partial charge >= 0.3 is 0 Å². The monoisotopic (exact) mass is 327 g/mol. The molecule has 1 aliphatic rings. The molecular formula is C14H22BrN3O. The number of hydrogen-bond acceptors (Lipinski definition) is 4. The fourth-order valence-corrected chi connectivity index (χ4v) is 2.88. The van der Waals surface area contributed by atoms with Gasteiger partial charge in [-0.3, -0.25) is 4.90 Å². The van der Waals surface area contributed by atoms with Crippen LogP contribution in [-0.2, 0) is 6.54 Å². The van der Waals surface area contributed by atoms with Gasteiger partial charge in [0.05, 0.1) is 11.6 Å². The molecule has 0 spiro atoms. The maximum absolute atomic E-state index is 5.23. The predicted octanol–water partition coefficient (Wildman–Crippen LogP) is 1.45. The largest absolute Gasteiger partial charge is 0.496 e. The molecule has 0 amide bonds. The maximum atomic E-state index is 5.23. The van der Waals surface area contributed by atoms with Gasteiger partial charge in [0.15, 0.2) is 0 Å². The summed E-state index contributed by atoms with van der Waals surface area (Å²) in [6.45, 7) is 5.18. The van der Waals surface area contributed by atoms with Crippen LogP contribution in [0.2, 0.25) is 0 Å². The Hall–Kier alpha value is -0.620. The third-order valence-corrected chi connectivity index (χ3v) is 4.19. The average Bonchev–Trinajstić information content (AvgIpc) is 2.41. The Bertz CT molecular complexity index is 414. The van der Waals surface area contributed by atoms with Crippen molar-refractivity contribution in [2.45, 2.75) is 12.6 Å². The smallest absolute Gasteiger partial charge is 0.133 e. The molecule has 2 rings (SSSR count). The highest BCUT2D eigenvalue weighted by molar-refractivity contribution is 9.10. The number of ether oxygens (including phenoxy) is 1. The van der Waals surface area contributed by atoms with Gasteiger partial charge in [-0.05, 0) is 40.7 Å². The van der Waals surface area contributed by atoms with Crippen LogP contribution in [0.5, 0.6) is 5.75 Å². The zero-order valence-electron chi connectivity index (χ0n) is 11.6. The van der Waals surface area contributed by atoms with E-state index < -0.39 is 0 Å². The number of likely N-dealkylation sites (N-methyl/N-ethyl adjacent to an activating group) is 1. The van der Waals surface area contributed by atoms with Crippen molar-refractivity contribution >= 4 is 15.9 Å². The Kier molecular flexibility index (Phi) is 5.63. The highest BCUT2D eigenvalue weighted by Gasteiger charge is 2.17. The molecule has 19 heavy (non-hydrogen) atoms. The molecule has 4 nitrogen and oxygen atoms in total. The van der Waals surface area contributed by atoms with Crippen LogP contribution in [0.15, 0.2) is 22.7 Å². The molecule has 0 aromatic heterocycles. The first-order valence-corrected chi connectivity index (χ1v) is 7.44. The van der Waals surface area contributed by atoms with E-state index in [4.69, 9.17) is 4.74 Å². The fourth-order valence-electron chi connectivity index (χ4n) is 2.29. The first-order valence-electron chi connectivity index (χ1n) is 6.65. The molecule has 1 aromatic rings. The third-order valence-electron chi connectivity index (χ3n) is 3.57. The number of rotatable bonds is 5. The molecule has 0 aliphatic carbocycles. The van der Waals surface area contributed by atoms with Crippen molar-refractivity contribution in [3.05, 3.63) is 28.2 Å². The van der Waals surface area contributed by atoms with E-state index in [0.29, 0.717) is 6.04 Å². The summed E-state index contributed by atoms with van der Waals surface area (Å²) in [6.07, 6.45) is 0. The van der Waals surface area contributed by atoms with Crippen LogP contribution >= 0.6 is 15.9 Å². The Morgan fingerprint density at radius 3 is 3.05 bits per heavy atom. The van der Waals surface area contributed by atoms with E-state index in [-0.39, 0.29) is 0 Å². The first kappa shape index (κ1) is 14.8.